The fourth-order valence-corrected chi connectivity index (χ4v) is 3.38. The van der Waals surface area contributed by atoms with E-state index in [4.69, 9.17) is 10.5 Å². The molecule has 128 valence electrons. The number of aryl methyl sites for hydroxylation is 2. The van der Waals surface area contributed by atoms with E-state index in [-0.39, 0.29) is 0 Å². The van der Waals surface area contributed by atoms with E-state index >= 15 is 0 Å². The van der Waals surface area contributed by atoms with E-state index in [1.165, 1.54) is 6.08 Å². The standard InChI is InChI=1S/C18H17N3O3S/c1-11-10-21-14(12(2)20-18(21)25-11)8-9-15(22)24-16(17(19)23)13-6-4-3-5-7-13/h3-10,16H,1-2H3,(H2,19,23)/b9-8+. The third-order valence-corrected chi connectivity index (χ3v) is 4.53. The zero-order valence-corrected chi connectivity index (χ0v) is 14.6. The maximum absolute atomic E-state index is 12.1. The summed E-state index contributed by atoms with van der Waals surface area (Å²) in [6.07, 6.45) is 3.75. The fraction of sp³-hybridized carbons (Fsp3) is 0.167. The molecule has 0 bridgehead atoms. The summed E-state index contributed by atoms with van der Waals surface area (Å²) in [5.74, 6) is -1.36. The Balaban J connectivity index is 1.79. The molecule has 2 N–H and O–H groups in total. The molecule has 3 aromatic rings. The van der Waals surface area contributed by atoms with Crippen molar-refractivity contribution >= 4 is 34.3 Å². The van der Waals surface area contributed by atoms with Crippen LogP contribution in [0.25, 0.3) is 11.0 Å². The molecule has 3 rings (SSSR count). The van der Waals surface area contributed by atoms with Gasteiger partial charge in [-0.3, -0.25) is 9.20 Å². The van der Waals surface area contributed by atoms with Crippen LogP contribution < -0.4 is 5.73 Å². The van der Waals surface area contributed by atoms with Crippen LogP contribution in [0.1, 0.15) is 27.9 Å². The van der Waals surface area contributed by atoms with Gasteiger partial charge in [0.05, 0.1) is 11.4 Å². The lowest BCUT2D eigenvalue weighted by Crippen LogP contribution is -2.25. The monoisotopic (exact) mass is 355 g/mol. The Morgan fingerprint density at radius 2 is 2.00 bits per heavy atom. The van der Waals surface area contributed by atoms with Crippen molar-refractivity contribution in [1.29, 1.82) is 0 Å². The lowest BCUT2D eigenvalue weighted by molar-refractivity contribution is -0.150. The van der Waals surface area contributed by atoms with Crippen LogP contribution in [0.4, 0.5) is 0 Å². The largest absolute Gasteiger partial charge is 0.444 e. The van der Waals surface area contributed by atoms with Crippen molar-refractivity contribution in [1.82, 2.24) is 9.38 Å². The minimum Gasteiger partial charge on any atom is -0.444 e. The van der Waals surface area contributed by atoms with E-state index < -0.39 is 18.0 Å². The summed E-state index contributed by atoms with van der Waals surface area (Å²) >= 11 is 1.57. The van der Waals surface area contributed by atoms with Crippen molar-refractivity contribution in [3.63, 3.8) is 0 Å². The Hall–Kier alpha value is -2.93. The summed E-state index contributed by atoms with van der Waals surface area (Å²) in [5, 5.41) is 0. The maximum atomic E-state index is 12.1. The smallest absolute Gasteiger partial charge is 0.331 e. The highest BCUT2D eigenvalue weighted by Crippen LogP contribution is 2.22. The fourth-order valence-electron chi connectivity index (χ4n) is 2.50. The predicted octanol–water partition coefficient (Wildman–Crippen LogP) is 2.80. The minimum atomic E-state index is -1.12. The Labute approximate surface area is 148 Å². The zero-order valence-electron chi connectivity index (χ0n) is 13.8. The van der Waals surface area contributed by atoms with Crippen LogP contribution in [0.15, 0.2) is 42.6 Å². The molecule has 0 aliphatic heterocycles. The molecule has 7 heteroatoms. The summed E-state index contributed by atoms with van der Waals surface area (Å²) in [5.41, 5.74) is 7.50. The number of hydrogen-bond donors (Lipinski definition) is 1. The quantitative estimate of drug-likeness (QED) is 0.563. The normalized spacial score (nSPS) is 12.6. The number of hydrogen-bond acceptors (Lipinski definition) is 5. The third kappa shape index (κ3) is 3.61. The average molecular weight is 355 g/mol. The number of carbonyl (C=O) groups excluding carboxylic acids is 2. The molecule has 0 fully saturated rings. The highest BCUT2D eigenvalue weighted by Gasteiger charge is 2.21. The van der Waals surface area contributed by atoms with Gasteiger partial charge in [0.1, 0.15) is 0 Å². The number of imidazole rings is 1. The number of nitrogens with two attached hydrogens (primary N) is 1. The number of nitrogens with zero attached hydrogens (tertiary/aromatic N) is 2. The number of rotatable bonds is 5. The highest BCUT2D eigenvalue weighted by atomic mass is 32.1. The molecule has 1 unspecified atom stereocenters. The van der Waals surface area contributed by atoms with E-state index in [0.29, 0.717) is 5.56 Å². The van der Waals surface area contributed by atoms with Gasteiger partial charge in [0.15, 0.2) is 4.96 Å². The molecule has 0 aliphatic carbocycles. The third-order valence-electron chi connectivity index (χ3n) is 3.63. The van der Waals surface area contributed by atoms with Gasteiger partial charge in [-0.15, -0.1) is 11.3 Å². The van der Waals surface area contributed by atoms with Gasteiger partial charge < -0.3 is 10.5 Å². The van der Waals surface area contributed by atoms with E-state index in [9.17, 15) is 9.59 Å². The zero-order chi connectivity index (χ0) is 18.0. The first-order chi connectivity index (χ1) is 12.0. The van der Waals surface area contributed by atoms with Crippen LogP contribution in [0.2, 0.25) is 0 Å². The van der Waals surface area contributed by atoms with Gasteiger partial charge in [0.25, 0.3) is 5.91 Å². The second-order valence-corrected chi connectivity index (χ2v) is 6.75. The second kappa shape index (κ2) is 6.90. The number of aromatic nitrogens is 2. The molecule has 2 heterocycles. The molecule has 1 atom stereocenters. The molecule has 0 aliphatic rings. The van der Waals surface area contributed by atoms with Crippen molar-refractivity contribution in [3.8, 4) is 0 Å². The van der Waals surface area contributed by atoms with E-state index in [0.717, 1.165) is 21.2 Å². The minimum absolute atomic E-state index is 0.535. The summed E-state index contributed by atoms with van der Waals surface area (Å²) < 4.78 is 7.14. The molecule has 1 amide bonds. The number of esters is 1. The van der Waals surface area contributed by atoms with Crippen LogP contribution in [0.3, 0.4) is 0 Å². The molecule has 0 spiro atoms. The Kier molecular flexibility index (Phi) is 4.67. The number of thiazole rings is 1. The van der Waals surface area contributed by atoms with Crippen LogP contribution in [-0.4, -0.2) is 21.3 Å². The number of benzene rings is 1. The van der Waals surface area contributed by atoms with Crippen molar-refractivity contribution < 1.29 is 14.3 Å². The molecule has 0 saturated carbocycles. The van der Waals surface area contributed by atoms with Gasteiger partial charge in [-0.1, -0.05) is 30.3 Å². The second-order valence-electron chi connectivity index (χ2n) is 5.54. The number of carbonyl (C=O) groups is 2. The van der Waals surface area contributed by atoms with E-state index in [1.54, 1.807) is 47.7 Å². The SMILES string of the molecule is Cc1cn2c(/C=C/C(=O)OC(C(N)=O)c3ccccc3)c(C)nc2s1. The number of amides is 1. The lowest BCUT2D eigenvalue weighted by Gasteiger charge is -2.13. The number of fused-ring (bicyclic) bond motifs is 1. The van der Waals surface area contributed by atoms with E-state index in [2.05, 4.69) is 4.98 Å². The van der Waals surface area contributed by atoms with Crippen LogP contribution in [0.5, 0.6) is 0 Å². The summed E-state index contributed by atoms with van der Waals surface area (Å²) in [6.45, 7) is 3.87. The van der Waals surface area contributed by atoms with Crippen LogP contribution in [0, 0.1) is 13.8 Å². The van der Waals surface area contributed by atoms with Gasteiger partial charge in [-0.05, 0) is 19.9 Å². The molecular weight excluding hydrogens is 338 g/mol. The molecule has 0 saturated heterocycles. The van der Waals surface area contributed by atoms with Crippen molar-refractivity contribution in [2.24, 2.45) is 5.73 Å². The molecule has 25 heavy (non-hydrogen) atoms. The molecule has 0 radical (unpaired) electrons. The Morgan fingerprint density at radius 3 is 2.68 bits per heavy atom. The lowest BCUT2D eigenvalue weighted by atomic mass is 10.1. The van der Waals surface area contributed by atoms with Crippen molar-refractivity contribution in [2.75, 3.05) is 0 Å². The van der Waals surface area contributed by atoms with Gasteiger partial charge in [-0.25, -0.2) is 9.78 Å². The average Bonchev–Trinajstić information content (AvgIpc) is 3.06. The Bertz CT molecular complexity index is 957. The molecule has 1 aromatic carbocycles. The first-order valence-electron chi connectivity index (χ1n) is 7.64. The highest BCUT2D eigenvalue weighted by molar-refractivity contribution is 7.17. The van der Waals surface area contributed by atoms with Crippen molar-refractivity contribution in [2.45, 2.75) is 20.0 Å². The van der Waals surface area contributed by atoms with Crippen LogP contribution in [-0.2, 0) is 14.3 Å². The number of ether oxygens (including phenoxy) is 1. The summed E-state index contributed by atoms with van der Waals surface area (Å²) in [4.78, 5) is 30.2. The summed E-state index contributed by atoms with van der Waals surface area (Å²) in [7, 11) is 0. The van der Waals surface area contributed by atoms with Gasteiger partial charge in [0.2, 0.25) is 6.10 Å². The van der Waals surface area contributed by atoms with Gasteiger partial charge in [0, 0.05) is 22.7 Å². The van der Waals surface area contributed by atoms with Gasteiger partial charge >= 0.3 is 5.97 Å². The number of primary amides is 1. The maximum Gasteiger partial charge on any atom is 0.331 e. The molecular formula is C18H17N3O3S. The molecule has 6 nitrogen and oxygen atoms in total. The van der Waals surface area contributed by atoms with Crippen LogP contribution >= 0.6 is 11.3 Å². The first-order valence-corrected chi connectivity index (χ1v) is 8.45. The molecule has 2 aromatic heterocycles. The first kappa shape index (κ1) is 16.9. The predicted molar refractivity (Wildman–Crippen MR) is 96.0 cm³/mol. The Morgan fingerprint density at radius 1 is 1.28 bits per heavy atom. The van der Waals surface area contributed by atoms with Crippen molar-refractivity contribution in [3.05, 3.63) is 64.4 Å². The summed E-state index contributed by atoms with van der Waals surface area (Å²) in [6, 6.07) is 8.68. The van der Waals surface area contributed by atoms with Gasteiger partial charge in [-0.2, -0.15) is 0 Å². The van der Waals surface area contributed by atoms with E-state index in [1.807, 2.05) is 24.4 Å². The topological polar surface area (TPSA) is 86.7 Å².